The molecule has 0 amide bonds. The number of carbonyl (C=O) groups excluding carboxylic acids is 1. The average molecular weight is 474 g/mol. The van der Waals surface area contributed by atoms with Crippen molar-refractivity contribution in [3.63, 3.8) is 0 Å². The zero-order valence-electron chi connectivity index (χ0n) is 20.7. The molecule has 0 saturated heterocycles. The predicted molar refractivity (Wildman–Crippen MR) is 140 cm³/mol. The fourth-order valence-electron chi connectivity index (χ4n) is 4.61. The molecule has 1 heterocycles. The quantitative estimate of drug-likeness (QED) is 0.256. The van der Waals surface area contributed by atoms with Crippen molar-refractivity contribution in [3.05, 3.63) is 89.5 Å². The Morgan fingerprint density at radius 1 is 0.857 bits per heavy atom. The van der Waals surface area contributed by atoms with Crippen molar-refractivity contribution < 1.29 is 19.0 Å². The van der Waals surface area contributed by atoms with Gasteiger partial charge in [-0.25, -0.2) is 4.79 Å². The van der Waals surface area contributed by atoms with Crippen LogP contribution in [0.4, 0.5) is 11.4 Å². The van der Waals surface area contributed by atoms with Gasteiger partial charge in [0.25, 0.3) is 0 Å². The second-order valence-corrected chi connectivity index (χ2v) is 8.66. The third-order valence-corrected chi connectivity index (χ3v) is 6.29. The predicted octanol–water partition coefficient (Wildman–Crippen LogP) is 5.90. The van der Waals surface area contributed by atoms with Crippen LogP contribution in [0.25, 0.3) is 0 Å². The number of anilines is 2. The molecule has 0 aromatic heterocycles. The van der Waals surface area contributed by atoms with Crippen molar-refractivity contribution in [2.75, 3.05) is 31.3 Å². The molecule has 184 valence electrons. The van der Waals surface area contributed by atoms with Gasteiger partial charge >= 0.3 is 5.97 Å². The van der Waals surface area contributed by atoms with Gasteiger partial charge in [-0.2, -0.15) is 0 Å². The van der Waals surface area contributed by atoms with Crippen LogP contribution >= 0.6 is 0 Å². The van der Waals surface area contributed by atoms with E-state index in [1.54, 1.807) is 6.92 Å². The van der Waals surface area contributed by atoms with E-state index in [-0.39, 0.29) is 5.97 Å². The molecule has 0 aliphatic carbocycles. The second-order valence-electron chi connectivity index (χ2n) is 8.66. The summed E-state index contributed by atoms with van der Waals surface area (Å²) in [5.41, 5.74) is 6.41. The summed E-state index contributed by atoms with van der Waals surface area (Å²) in [6.07, 6.45) is 2.94. The minimum Gasteiger partial charge on any atom is -0.494 e. The molecule has 5 nitrogen and oxygen atoms in total. The minimum absolute atomic E-state index is 0.314. The third-order valence-electron chi connectivity index (χ3n) is 6.29. The molecule has 0 bridgehead atoms. The Morgan fingerprint density at radius 3 is 2.09 bits per heavy atom. The standard InChI is InChI=1S/C30H35NO4/c1-3-33-29(30(32)34-4-2)22-23-14-18-26(19-15-23)35-21-9-20-31-27-12-7-5-10-24(27)16-17-25-11-6-8-13-28(25)31/h5-8,10-15,18-19,29H,3-4,9,16-17,20-22H2,1-2H3. The van der Waals surface area contributed by atoms with E-state index in [0.29, 0.717) is 26.2 Å². The third kappa shape index (κ3) is 6.43. The van der Waals surface area contributed by atoms with Gasteiger partial charge in [-0.1, -0.05) is 48.5 Å². The molecule has 3 aromatic rings. The van der Waals surface area contributed by atoms with Crippen LogP contribution in [0.15, 0.2) is 72.8 Å². The maximum absolute atomic E-state index is 12.1. The largest absolute Gasteiger partial charge is 0.494 e. The lowest BCUT2D eigenvalue weighted by molar-refractivity contribution is -0.156. The van der Waals surface area contributed by atoms with Gasteiger partial charge in [0, 0.05) is 30.9 Å². The molecule has 0 fully saturated rings. The maximum atomic E-state index is 12.1. The van der Waals surface area contributed by atoms with Crippen LogP contribution in [0.3, 0.4) is 0 Å². The van der Waals surface area contributed by atoms with Crippen molar-refractivity contribution in [1.82, 2.24) is 0 Å². The summed E-state index contributed by atoms with van der Waals surface area (Å²) in [5.74, 6) is 0.515. The number of benzene rings is 3. The highest BCUT2D eigenvalue weighted by molar-refractivity contribution is 5.75. The number of hydrogen-bond donors (Lipinski definition) is 0. The number of para-hydroxylation sites is 2. The molecule has 0 spiro atoms. The molecule has 35 heavy (non-hydrogen) atoms. The molecule has 1 unspecified atom stereocenters. The average Bonchev–Trinajstić information content (AvgIpc) is 3.04. The second kappa shape index (κ2) is 12.4. The van der Waals surface area contributed by atoms with Gasteiger partial charge in [0.1, 0.15) is 5.75 Å². The Morgan fingerprint density at radius 2 is 1.49 bits per heavy atom. The van der Waals surface area contributed by atoms with E-state index in [0.717, 1.165) is 37.1 Å². The summed E-state index contributed by atoms with van der Waals surface area (Å²) < 4.78 is 16.8. The highest BCUT2D eigenvalue weighted by atomic mass is 16.6. The molecule has 0 N–H and O–H groups in total. The van der Waals surface area contributed by atoms with Crippen molar-refractivity contribution in [3.8, 4) is 5.75 Å². The zero-order valence-corrected chi connectivity index (χ0v) is 20.7. The Balaban J connectivity index is 1.34. The number of carbonyl (C=O) groups is 1. The van der Waals surface area contributed by atoms with Gasteiger partial charge in [0.2, 0.25) is 0 Å². The summed E-state index contributed by atoms with van der Waals surface area (Å²) >= 11 is 0. The molecule has 0 radical (unpaired) electrons. The topological polar surface area (TPSA) is 48.0 Å². The van der Waals surface area contributed by atoms with E-state index in [2.05, 4.69) is 53.4 Å². The Labute approximate surface area is 208 Å². The molecule has 4 rings (SSSR count). The fraction of sp³-hybridized carbons (Fsp3) is 0.367. The highest BCUT2D eigenvalue weighted by Crippen LogP contribution is 2.35. The number of nitrogens with zero attached hydrogens (tertiary/aromatic N) is 1. The molecule has 1 aliphatic rings. The fourth-order valence-corrected chi connectivity index (χ4v) is 4.61. The summed E-state index contributed by atoms with van der Waals surface area (Å²) in [4.78, 5) is 14.5. The van der Waals surface area contributed by atoms with Crippen LogP contribution in [-0.2, 0) is 33.5 Å². The first-order valence-corrected chi connectivity index (χ1v) is 12.6. The van der Waals surface area contributed by atoms with E-state index in [1.165, 1.54) is 22.5 Å². The molecule has 3 aromatic carbocycles. The number of fused-ring (bicyclic) bond motifs is 2. The molecular weight excluding hydrogens is 438 g/mol. The highest BCUT2D eigenvalue weighted by Gasteiger charge is 2.21. The van der Waals surface area contributed by atoms with E-state index in [9.17, 15) is 4.79 Å². The lowest BCUT2D eigenvalue weighted by Gasteiger charge is -2.27. The first-order chi connectivity index (χ1) is 17.2. The van der Waals surface area contributed by atoms with Gasteiger partial charge in [-0.15, -0.1) is 0 Å². The molecular formula is C30H35NO4. The molecule has 0 saturated carbocycles. The number of ether oxygens (including phenoxy) is 3. The smallest absolute Gasteiger partial charge is 0.335 e. The maximum Gasteiger partial charge on any atom is 0.335 e. The monoisotopic (exact) mass is 473 g/mol. The van der Waals surface area contributed by atoms with Gasteiger partial charge in [0.05, 0.1) is 13.2 Å². The van der Waals surface area contributed by atoms with Crippen molar-refractivity contribution in [2.45, 2.75) is 45.6 Å². The molecule has 5 heteroatoms. The van der Waals surface area contributed by atoms with Gasteiger partial charge in [-0.05, 0) is 74.1 Å². The van der Waals surface area contributed by atoms with Crippen LogP contribution < -0.4 is 9.64 Å². The van der Waals surface area contributed by atoms with Crippen LogP contribution in [0.5, 0.6) is 5.75 Å². The van der Waals surface area contributed by atoms with Gasteiger partial charge in [0.15, 0.2) is 6.10 Å². The lowest BCUT2D eigenvalue weighted by Crippen LogP contribution is -2.28. The summed E-state index contributed by atoms with van der Waals surface area (Å²) in [6, 6.07) is 25.3. The Hall–Kier alpha value is -3.31. The van der Waals surface area contributed by atoms with Crippen LogP contribution in [-0.4, -0.2) is 38.4 Å². The van der Waals surface area contributed by atoms with E-state index >= 15 is 0 Å². The minimum atomic E-state index is -0.578. The SMILES string of the molecule is CCOC(=O)C(Cc1ccc(OCCCN2c3ccccc3CCc3ccccc32)cc1)OCC. The van der Waals surface area contributed by atoms with Crippen molar-refractivity contribution >= 4 is 17.3 Å². The Kier molecular flexibility index (Phi) is 8.79. The van der Waals surface area contributed by atoms with E-state index < -0.39 is 6.10 Å². The number of hydrogen-bond acceptors (Lipinski definition) is 5. The van der Waals surface area contributed by atoms with Gasteiger partial charge < -0.3 is 19.1 Å². The van der Waals surface area contributed by atoms with E-state index in [4.69, 9.17) is 14.2 Å². The Bertz CT molecular complexity index is 1050. The van der Waals surface area contributed by atoms with Crippen molar-refractivity contribution in [1.29, 1.82) is 0 Å². The summed E-state index contributed by atoms with van der Waals surface area (Å²) in [6.45, 7) is 6.02. The molecule has 1 aliphatic heterocycles. The normalized spacial score (nSPS) is 13.4. The zero-order chi connectivity index (χ0) is 24.5. The van der Waals surface area contributed by atoms with Crippen LogP contribution in [0.2, 0.25) is 0 Å². The van der Waals surface area contributed by atoms with Crippen LogP contribution in [0, 0.1) is 0 Å². The molecule has 1 atom stereocenters. The van der Waals surface area contributed by atoms with E-state index in [1.807, 2.05) is 31.2 Å². The van der Waals surface area contributed by atoms with Gasteiger partial charge in [-0.3, -0.25) is 0 Å². The van der Waals surface area contributed by atoms with Crippen LogP contribution in [0.1, 0.15) is 37.0 Å². The summed E-state index contributed by atoms with van der Waals surface area (Å²) in [5, 5.41) is 0. The number of aryl methyl sites for hydroxylation is 2. The number of esters is 1. The summed E-state index contributed by atoms with van der Waals surface area (Å²) in [7, 11) is 0. The first-order valence-electron chi connectivity index (χ1n) is 12.6. The number of rotatable bonds is 11. The lowest BCUT2D eigenvalue weighted by atomic mass is 10.0. The van der Waals surface area contributed by atoms with Crippen molar-refractivity contribution in [2.24, 2.45) is 0 Å². The first kappa shape index (κ1) is 24.8.